The molecule has 0 atom stereocenters. The van der Waals surface area contributed by atoms with E-state index in [0.717, 1.165) is 31.1 Å². The van der Waals surface area contributed by atoms with Crippen LogP contribution >= 0.6 is 11.3 Å². The molecular formula is C11H20N2S. The van der Waals surface area contributed by atoms with Crippen molar-refractivity contribution in [3.63, 3.8) is 0 Å². The lowest BCUT2D eigenvalue weighted by molar-refractivity contribution is 0.543. The Kier molecular flexibility index (Phi) is 5.12. The van der Waals surface area contributed by atoms with E-state index in [1.807, 2.05) is 0 Å². The van der Waals surface area contributed by atoms with Gasteiger partial charge in [-0.05, 0) is 32.4 Å². The number of nitrogens with one attached hydrogen (secondary N) is 1. The molecule has 2 nitrogen and oxygen atoms in total. The summed E-state index contributed by atoms with van der Waals surface area (Å²) in [6, 6.07) is 0. The molecule has 1 aromatic rings. The summed E-state index contributed by atoms with van der Waals surface area (Å²) >= 11 is 1.77. The highest BCUT2D eigenvalue weighted by Gasteiger charge is 1.98. The van der Waals surface area contributed by atoms with Crippen molar-refractivity contribution in [1.82, 2.24) is 10.3 Å². The number of nitrogens with zero attached hydrogens (tertiary/aromatic N) is 1. The normalized spacial score (nSPS) is 11.1. The summed E-state index contributed by atoms with van der Waals surface area (Å²) in [7, 11) is 0. The molecule has 0 saturated heterocycles. The fourth-order valence-electron chi connectivity index (χ4n) is 1.27. The Labute approximate surface area is 90.8 Å². The Morgan fingerprint density at radius 1 is 1.50 bits per heavy atom. The number of aryl methyl sites for hydroxylation is 2. The molecule has 0 fully saturated rings. The van der Waals surface area contributed by atoms with Crippen LogP contribution in [0.5, 0.6) is 0 Å². The van der Waals surface area contributed by atoms with E-state index in [0.29, 0.717) is 0 Å². The predicted molar refractivity (Wildman–Crippen MR) is 62.9 cm³/mol. The number of hydrogen-bond acceptors (Lipinski definition) is 3. The molecule has 0 aliphatic heterocycles. The maximum absolute atomic E-state index is 4.43. The van der Waals surface area contributed by atoms with Crippen molar-refractivity contribution in [1.29, 1.82) is 0 Å². The fraction of sp³-hybridized carbons (Fsp3) is 0.727. The van der Waals surface area contributed by atoms with Gasteiger partial charge >= 0.3 is 0 Å². The zero-order valence-corrected chi connectivity index (χ0v) is 10.2. The van der Waals surface area contributed by atoms with Crippen LogP contribution in [0.3, 0.4) is 0 Å². The molecule has 0 aliphatic rings. The van der Waals surface area contributed by atoms with Gasteiger partial charge < -0.3 is 5.32 Å². The first-order valence-corrected chi connectivity index (χ1v) is 6.18. The molecule has 0 radical (unpaired) electrons. The lowest BCUT2D eigenvalue weighted by Crippen LogP contribution is -2.21. The quantitative estimate of drug-likeness (QED) is 0.733. The molecule has 3 heteroatoms. The van der Waals surface area contributed by atoms with Gasteiger partial charge in [0.05, 0.1) is 5.01 Å². The monoisotopic (exact) mass is 212 g/mol. The summed E-state index contributed by atoms with van der Waals surface area (Å²) in [6.45, 7) is 8.75. The van der Waals surface area contributed by atoms with Crippen molar-refractivity contribution in [2.24, 2.45) is 5.92 Å². The van der Waals surface area contributed by atoms with Gasteiger partial charge in [0.2, 0.25) is 0 Å². The van der Waals surface area contributed by atoms with Crippen molar-refractivity contribution in [2.75, 3.05) is 13.1 Å². The fourth-order valence-corrected chi connectivity index (χ4v) is 2.09. The van der Waals surface area contributed by atoms with Crippen LogP contribution in [-0.4, -0.2) is 18.1 Å². The summed E-state index contributed by atoms with van der Waals surface area (Å²) in [5.74, 6) is 0.747. The zero-order chi connectivity index (χ0) is 10.4. The van der Waals surface area contributed by atoms with Crippen LogP contribution in [-0.2, 0) is 6.42 Å². The van der Waals surface area contributed by atoms with Gasteiger partial charge in [0.25, 0.3) is 0 Å². The summed E-state index contributed by atoms with van der Waals surface area (Å²) < 4.78 is 0. The van der Waals surface area contributed by atoms with E-state index in [4.69, 9.17) is 0 Å². The molecule has 80 valence electrons. The number of hydrogen-bond donors (Lipinski definition) is 1. The molecule has 0 spiro atoms. The summed E-state index contributed by atoms with van der Waals surface area (Å²) in [5, 5.41) is 6.83. The Balaban J connectivity index is 2.04. The predicted octanol–water partition coefficient (Wildman–Crippen LogP) is 2.63. The standard InChI is InChI=1S/C11H20N2S/c1-9(2)7-12-6-4-5-11-13-10(3)8-14-11/h8-9,12H,4-7H2,1-3H3. The van der Waals surface area contributed by atoms with Crippen LogP contribution in [0.15, 0.2) is 5.38 Å². The highest BCUT2D eigenvalue weighted by molar-refractivity contribution is 7.09. The van der Waals surface area contributed by atoms with Crippen molar-refractivity contribution < 1.29 is 0 Å². The molecule has 1 rings (SSSR count). The minimum atomic E-state index is 0.747. The maximum Gasteiger partial charge on any atom is 0.0928 e. The summed E-state index contributed by atoms with van der Waals surface area (Å²) in [4.78, 5) is 4.43. The Morgan fingerprint density at radius 3 is 2.86 bits per heavy atom. The first-order chi connectivity index (χ1) is 6.68. The second-order valence-electron chi connectivity index (χ2n) is 4.08. The van der Waals surface area contributed by atoms with Crippen molar-refractivity contribution in [3.8, 4) is 0 Å². The van der Waals surface area contributed by atoms with Crippen LogP contribution in [0.4, 0.5) is 0 Å². The summed E-state index contributed by atoms with van der Waals surface area (Å²) in [5.41, 5.74) is 1.15. The number of rotatable bonds is 6. The topological polar surface area (TPSA) is 24.9 Å². The molecule has 0 amide bonds. The van der Waals surface area contributed by atoms with Crippen molar-refractivity contribution in [3.05, 3.63) is 16.1 Å². The Bertz CT molecular complexity index is 256. The molecule has 0 unspecified atom stereocenters. The van der Waals surface area contributed by atoms with Gasteiger partial charge in [-0.2, -0.15) is 0 Å². The third-order valence-corrected chi connectivity index (χ3v) is 2.99. The molecular weight excluding hydrogens is 192 g/mol. The molecule has 1 aromatic heterocycles. The Morgan fingerprint density at radius 2 is 2.29 bits per heavy atom. The third-order valence-electron chi connectivity index (χ3n) is 1.96. The van der Waals surface area contributed by atoms with E-state index in [1.165, 1.54) is 11.4 Å². The third kappa shape index (κ3) is 4.72. The SMILES string of the molecule is Cc1csc(CCCNCC(C)C)n1. The van der Waals surface area contributed by atoms with Crippen LogP contribution in [0.1, 0.15) is 31.0 Å². The molecule has 1 heterocycles. The average Bonchev–Trinajstić information content (AvgIpc) is 2.50. The van der Waals surface area contributed by atoms with Crippen molar-refractivity contribution in [2.45, 2.75) is 33.6 Å². The highest BCUT2D eigenvalue weighted by atomic mass is 32.1. The van der Waals surface area contributed by atoms with Gasteiger partial charge in [-0.15, -0.1) is 11.3 Å². The second-order valence-corrected chi connectivity index (χ2v) is 5.03. The average molecular weight is 212 g/mol. The van der Waals surface area contributed by atoms with Gasteiger partial charge in [0.1, 0.15) is 0 Å². The smallest absolute Gasteiger partial charge is 0.0928 e. The number of thiazole rings is 1. The lowest BCUT2D eigenvalue weighted by atomic mass is 10.2. The van der Waals surface area contributed by atoms with Crippen LogP contribution in [0.25, 0.3) is 0 Å². The highest BCUT2D eigenvalue weighted by Crippen LogP contribution is 2.10. The first-order valence-electron chi connectivity index (χ1n) is 5.30. The molecule has 1 N–H and O–H groups in total. The van der Waals surface area contributed by atoms with Gasteiger partial charge in [0, 0.05) is 17.5 Å². The van der Waals surface area contributed by atoms with Gasteiger partial charge in [-0.1, -0.05) is 13.8 Å². The van der Waals surface area contributed by atoms with E-state index < -0.39 is 0 Å². The largest absolute Gasteiger partial charge is 0.316 e. The van der Waals surface area contributed by atoms with Gasteiger partial charge in [0.15, 0.2) is 0 Å². The second kappa shape index (κ2) is 6.14. The minimum absolute atomic E-state index is 0.747. The van der Waals surface area contributed by atoms with Crippen LogP contribution in [0.2, 0.25) is 0 Å². The van der Waals surface area contributed by atoms with E-state index in [2.05, 4.69) is 36.5 Å². The maximum atomic E-state index is 4.43. The molecule has 14 heavy (non-hydrogen) atoms. The van der Waals surface area contributed by atoms with Gasteiger partial charge in [-0.3, -0.25) is 0 Å². The molecule has 0 saturated carbocycles. The Hall–Kier alpha value is -0.410. The van der Waals surface area contributed by atoms with E-state index >= 15 is 0 Å². The van der Waals surface area contributed by atoms with Crippen LogP contribution in [0, 0.1) is 12.8 Å². The summed E-state index contributed by atoms with van der Waals surface area (Å²) in [6.07, 6.45) is 2.31. The minimum Gasteiger partial charge on any atom is -0.316 e. The number of aromatic nitrogens is 1. The van der Waals surface area contributed by atoms with E-state index in [9.17, 15) is 0 Å². The molecule has 0 bridgehead atoms. The van der Waals surface area contributed by atoms with E-state index in [1.54, 1.807) is 11.3 Å². The first kappa shape index (κ1) is 11.7. The zero-order valence-electron chi connectivity index (χ0n) is 9.34. The molecule has 0 aliphatic carbocycles. The van der Waals surface area contributed by atoms with Crippen molar-refractivity contribution >= 4 is 11.3 Å². The van der Waals surface area contributed by atoms with Gasteiger partial charge in [-0.25, -0.2) is 4.98 Å². The molecule has 0 aromatic carbocycles. The van der Waals surface area contributed by atoms with Crippen LogP contribution < -0.4 is 5.32 Å². The van der Waals surface area contributed by atoms with E-state index in [-0.39, 0.29) is 0 Å². The lowest BCUT2D eigenvalue weighted by Gasteiger charge is -2.05.